The maximum Gasteiger partial charge on any atom is 0.307 e. The summed E-state index contributed by atoms with van der Waals surface area (Å²) in [7, 11) is 0. The predicted molar refractivity (Wildman–Crippen MR) is 54.7 cm³/mol. The van der Waals surface area contributed by atoms with Crippen LogP contribution in [0.2, 0.25) is 0 Å². The van der Waals surface area contributed by atoms with Crippen LogP contribution in [0.5, 0.6) is 0 Å². The van der Waals surface area contributed by atoms with Gasteiger partial charge in [0.05, 0.1) is 11.8 Å². The average molecular weight is 224 g/mol. The molecule has 0 aromatic rings. The minimum absolute atomic E-state index is 0.127. The molecule has 3 saturated carbocycles. The molecule has 2 N–H and O–H groups in total. The second kappa shape index (κ2) is 3.22. The Balaban J connectivity index is 1.97. The van der Waals surface area contributed by atoms with Crippen LogP contribution in [0.25, 0.3) is 0 Å². The number of hydrogen-bond acceptors (Lipinski definition) is 2. The smallest absolute Gasteiger partial charge is 0.307 e. The number of carbonyl (C=O) groups is 2. The summed E-state index contributed by atoms with van der Waals surface area (Å²) in [5, 5.41) is 18.5. The van der Waals surface area contributed by atoms with Crippen molar-refractivity contribution in [1.82, 2.24) is 0 Å². The van der Waals surface area contributed by atoms with Gasteiger partial charge in [-0.1, -0.05) is 0 Å². The van der Waals surface area contributed by atoms with Gasteiger partial charge in [-0.15, -0.1) is 0 Å². The van der Waals surface area contributed by atoms with Gasteiger partial charge in [-0.05, 0) is 49.4 Å². The molecule has 0 aromatic heterocycles. The maximum atomic E-state index is 11.3. The summed E-state index contributed by atoms with van der Waals surface area (Å²) in [5.41, 5.74) is 0. The quantitative estimate of drug-likeness (QED) is 0.744. The van der Waals surface area contributed by atoms with E-state index in [0.29, 0.717) is 0 Å². The van der Waals surface area contributed by atoms with E-state index in [1.165, 1.54) is 0 Å². The summed E-state index contributed by atoms with van der Waals surface area (Å²) in [6, 6.07) is 0. The molecule has 0 amide bonds. The van der Waals surface area contributed by atoms with Gasteiger partial charge in [0.25, 0.3) is 0 Å². The SMILES string of the molecule is O=C(O)C1C2CC[C@H]1C1CC[C@@H]2C1C(=O)O. The molecule has 0 aromatic carbocycles. The van der Waals surface area contributed by atoms with Crippen molar-refractivity contribution in [1.29, 1.82) is 0 Å². The molecule has 3 aliphatic rings. The van der Waals surface area contributed by atoms with Gasteiger partial charge in [-0.25, -0.2) is 0 Å². The van der Waals surface area contributed by atoms with Crippen molar-refractivity contribution in [2.24, 2.45) is 35.5 Å². The van der Waals surface area contributed by atoms with Crippen LogP contribution in [0, 0.1) is 35.5 Å². The highest BCUT2D eigenvalue weighted by Crippen LogP contribution is 2.61. The first-order valence-electron chi connectivity index (χ1n) is 6.07. The molecule has 3 fully saturated rings. The second-order valence-electron chi connectivity index (χ2n) is 5.54. The number of carboxylic acids is 2. The maximum absolute atomic E-state index is 11.3. The third kappa shape index (κ3) is 1.10. The molecule has 0 saturated heterocycles. The number of aliphatic carboxylic acids is 2. The first-order valence-corrected chi connectivity index (χ1v) is 6.07. The lowest BCUT2D eigenvalue weighted by molar-refractivity contribution is -0.156. The summed E-state index contributed by atoms with van der Waals surface area (Å²) in [6.45, 7) is 0. The molecule has 3 rings (SSSR count). The van der Waals surface area contributed by atoms with Crippen LogP contribution in [-0.4, -0.2) is 22.2 Å². The van der Waals surface area contributed by atoms with Crippen LogP contribution in [0.4, 0.5) is 0 Å². The van der Waals surface area contributed by atoms with E-state index in [-0.39, 0.29) is 35.5 Å². The van der Waals surface area contributed by atoms with E-state index < -0.39 is 11.9 Å². The Hall–Kier alpha value is -1.06. The molecule has 3 aliphatic carbocycles. The molecule has 0 spiro atoms. The number of rotatable bonds is 2. The van der Waals surface area contributed by atoms with E-state index in [0.717, 1.165) is 25.7 Å². The zero-order valence-corrected chi connectivity index (χ0v) is 9.00. The largest absolute Gasteiger partial charge is 0.481 e. The number of fused-ring (bicyclic) bond motifs is 6. The van der Waals surface area contributed by atoms with Crippen LogP contribution in [0.3, 0.4) is 0 Å². The van der Waals surface area contributed by atoms with E-state index in [1.54, 1.807) is 0 Å². The molecule has 6 atom stereocenters. The van der Waals surface area contributed by atoms with E-state index in [9.17, 15) is 19.8 Å². The van der Waals surface area contributed by atoms with Gasteiger partial charge >= 0.3 is 11.9 Å². The van der Waals surface area contributed by atoms with E-state index >= 15 is 0 Å². The van der Waals surface area contributed by atoms with Crippen LogP contribution in [-0.2, 0) is 9.59 Å². The van der Waals surface area contributed by atoms with Gasteiger partial charge in [0.15, 0.2) is 0 Å². The Bertz CT molecular complexity index is 297. The van der Waals surface area contributed by atoms with Gasteiger partial charge in [0.1, 0.15) is 0 Å². The molecule has 88 valence electrons. The highest BCUT2D eigenvalue weighted by atomic mass is 16.4. The lowest BCUT2D eigenvalue weighted by Gasteiger charge is -2.37. The zero-order chi connectivity index (χ0) is 11.4. The van der Waals surface area contributed by atoms with E-state index in [2.05, 4.69) is 0 Å². The molecule has 4 heteroatoms. The molecular weight excluding hydrogens is 208 g/mol. The normalized spacial score (nSPS) is 49.2. The summed E-state index contributed by atoms with van der Waals surface area (Å²) >= 11 is 0. The highest BCUT2D eigenvalue weighted by Gasteiger charge is 2.61. The van der Waals surface area contributed by atoms with E-state index in [4.69, 9.17) is 0 Å². The molecule has 0 radical (unpaired) electrons. The second-order valence-corrected chi connectivity index (χ2v) is 5.54. The predicted octanol–water partition coefficient (Wildman–Crippen LogP) is 1.45. The van der Waals surface area contributed by atoms with Crippen molar-refractivity contribution < 1.29 is 19.8 Å². The lowest BCUT2D eigenvalue weighted by atomic mass is 9.65. The first kappa shape index (κ1) is 10.1. The fraction of sp³-hybridized carbons (Fsp3) is 0.833. The summed E-state index contributed by atoms with van der Waals surface area (Å²) < 4.78 is 0. The third-order valence-electron chi connectivity index (χ3n) is 5.18. The fourth-order valence-corrected chi connectivity index (χ4v) is 4.78. The van der Waals surface area contributed by atoms with Gasteiger partial charge in [0.2, 0.25) is 0 Å². The summed E-state index contributed by atoms with van der Waals surface area (Å²) in [6.07, 6.45) is 3.69. The van der Waals surface area contributed by atoms with Crippen LogP contribution in [0.1, 0.15) is 25.7 Å². The van der Waals surface area contributed by atoms with Crippen molar-refractivity contribution in [3.63, 3.8) is 0 Å². The van der Waals surface area contributed by atoms with Crippen LogP contribution in [0.15, 0.2) is 0 Å². The van der Waals surface area contributed by atoms with Crippen molar-refractivity contribution in [3.05, 3.63) is 0 Å². The molecule has 0 aliphatic heterocycles. The van der Waals surface area contributed by atoms with Gasteiger partial charge in [-0.3, -0.25) is 9.59 Å². The van der Waals surface area contributed by atoms with Crippen molar-refractivity contribution >= 4 is 11.9 Å². The third-order valence-corrected chi connectivity index (χ3v) is 5.18. The number of hydrogen-bond donors (Lipinski definition) is 2. The summed E-state index contributed by atoms with van der Waals surface area (Å²) in [4.78, 5) is 22.5. The van der Waals surface area contributed by atoms with Crippen LogP contribution < -0.4 is 0 Å². The highest BCUT2D eigenvalue weighted by molar-refractivity contribution is 5.75. The topological polar surface area (TPSA) is 74.6 Å². The zero-order valence-electron chi connectivity index (χ0n) is 9.00. The van der Waals surface area contributed by atoms with Gasteiger partial charge in [-0.2, -0.15) is 0 Å². The molecule has 16 heavy (non-hydrogen) atoms. The van der Waals surface area contributed by atoms with Crippen molar-refractivity contribution in [3.8, 4) is 0 Å². The standard InChI is InChI=1S/C12H16O4/c13-11(14)9-5-1-2-6(9)8-4-3-7(5)10(8)12(15)16/h5-10H,1-4H2,(H,13,14)(H,15,16)/t5-,6?,7?,8-,9?,10?/m0/s1. The van der Waals surface area contributed by atoms with Crippen molar-refractivity contribution in [2.45, 2.75) is 25.7 Å². The minimum atomic E-state index is -0.701. The Morgan fingerprint density at radius 2 is 0.938 bits per heavy atom. The van der Waals surface area contributed by atoms with Gasteiger partial charge < -0.3 is 10.2 Å². The molecular formula is C12H16O4. The Labute approximate surface area is 93.6 Å². The summed E-state index contributed by atoms with van der Waals surface area (Å²) in [5.74, 6) is -1.41. The fourth-order valence-electron chi connectivity index (χ4n) is 4.78. The Morgan fingerprint density at radius 3 is 1.12 bits per heavy atom. The van der Waals surface area contributed by atoms with Crippen LogP contribution >= 0.6 is 0 Å². The molecule has 4 bridgehead atoms. The average Bonchev–Trinajstić information content (AvgIpc) is 2.68. The van der Waals surface area contributed by atoms with E-state index in [1.807, 2.05) is 0 Å². The minimum Gasteiger partial charge on any atom is -0.481 e. The number of carboxylic acid groups (broad SMARTS) is 2. The van der Waals surface area contributed by atoms with Gasteiger partial charge in [0, 0.05) is 0 Å². The Kier molecular flexibility index (Phi) is 2.03. The monoisotopic (exact) mass is 224 g/mol. The van der Waals surface area contributed by atoms with Crippen molar-refractivity contribution in [2.75, 3.05) is 0 Å². The lowest BCUT2D eigenvalue weighted by Crippen LogP contribution is -2.43. The first-order chi connectivity index (χ1) is 7.61. The Morgan fingerprint density at radius 1 is 0.688 bits per heavy atom. The molecule has 4 unspecified atom stereocenters. The molecule has 4 nitrogen and oxygen atoms in total. The molecule has 0 heterocycles.